The minimum Gasteiger partial charge on any atom is -0.250 e. The first-order valence-electron chi connectivity index (χ1n) is 3.58. The molecule has 0 aliphatic carbocycles. The number of hydrogen-bond donors (Lipinski definition) is 0. The Balaban J connectivity index is 3.02. The molecule has 0 radical (unpaired) electrons. The van der Waals surface area contributed by atoms with Gasteiger partial charge < -0.3 is 0 Å². The normalized spacial score (nSPS) is 11.5. The van der Waals surface area contributed by atoms with Crippen LogP contribution in [0.5, 0.6) is 0 Å². The fourth-order valence-electron chi connectivity index (χ4n) is 0.832. The SMILES string of the molecule is Cc1ccc(S(=O)(=O)OCCl)cc1. The Labute approximate surface area is 82.4 Å². The van der Waals surface area contributed by atoms with Gasteiger partial charge in [-0.1, -0.05) is 29.3 Å². The molecule has 13 heavy (non-hydrogen) atoms. The summed E-state index contributed by atoms with van der Waals surface area (Å²) in [6.07, 6.45) is 0. The highest BCUT2D eigenvalue weighted by Crippen LogP contribution is 2.13. The maximum Gasteiger partial charge on any atom is 0.298 e. The lowest BCUT2D eigenvalue weighted by molar-refractivity contribution is 0.377. The van der Waals surface area contributed by atoms with Gasteiger partial charge in [0.25, 0.3) is 10.1 Å². The fraction of sp³-hybridized carbons (Fsp3) is 0.250. The van der Waals surface area contributed by atoms with E-state index in [1.807, 2.05) is 6.92 Å². The van der Waals surface area contributed by atoms with E-state index < -0.39 is 10.1 Å². The zero-order chi connectivity index (χ0) is 9.90. The average molecular weight is 221 g/mol. The lowest BCUT2D eigenvalue weighted by Crippen LogP contribution is -2.04. The Morgan fingerprint density at radius 2 is 1.85 bits per heavy atom. The van der Waals surface area contributed by atoms with Crippen molar-refractivity contribution in [3.05, 3.63) is 29.8 Å². The predicted molar refractivity (Wildman–Crippen MR) is 50.2 cm³/mol. The molecule has 0 saturated carbocycles. The van der Waals surface area contributed by atoms with Gasteiger partial charge in [-0.15, -0.1) is 0 Å². The summed E-state index contributed by atoms with van der Waals surface area (Å²) < 4.78 is 26.9. The molecule has 5 heteroatoms. The molecule has 1 rings (SSSR count). The van der Waals surface area contributed by atoms with Crippen LogP contribution in [0.1, 0.15) is 5.56 Å². The van der Waals surface area contributed by atoms with Crippen LogP contribution in [0.15, 0.2) is 29.2 Å². The van der Waals surface area contributed by atoms with Crippen molar-refractivity contribution < 1.29 is 12.6 Å². The van der Waals surface area contributed by atoms with Gasteiger partial charge in [0.05, 0.1) is 4.90 Å². The molecule has 0 spiro atoms. The van der Waals surface area contributed by atoms with E-state index in [9.17, 15) is 8.42 Å². The summed E-state index contributed by atoms with van der Waals surface area (Å²) in [5, 5.41) is 0. The Kier molecular flexibility index (Phi) is 3.30. The third-order valence-electron chi connectivity index (χ3n) is 1.51. The van der Waals surface area contributed by atoms with Crippen molar-refractivity contribution in [2.24, 2.45) is 0 Å². The molecule has 0 aliphatic heterocycles. The molecule has 0 fully saturated rings. The first-order valence-corrected chi connectivity index (χ1v) is 5.52. The third kappa shape index (κ3) is 2.69. The summed E-state index contributed by atoms with van der Waals surface area (Å²) >= 11 is 5.17. The topological polar surface area (TPSA) is 43.4 Å². The van der Waals surface area contributed by atoms with Crippen LogP contribution < -0.4 is 0 Å². The van der Waals surface area contributed by atoms with E-state index in [1.54, 1.807) is 12.1 Å². The quantitative estimate of drug-likeness (QED) is 0.577. The Morgan fingerprint density at radius 3 is 2.31 bits per heavy atom. The lowest BCUT2D eigenvalue weighted by Gasteiger charge is -2.01. The third-order valence-corrected chi connectivity index (χ3v) is 3.03. The molecule has 0 unspecified atom stereocenters. The molecule has 0 saturated heterocycles. The van der Waals surface area contributed by atoms with Crippen LogP contribution in [0.25, 0.3) is 0 Å². The number of hydrogen-bond acceptors (Lipinski definition) is 3. The second kappa shape index (κ2) is 4.09. The van der Waals surface area contributed by atoms with Crippen molar-refractivity contribution in [2.75, 3.05) is 6.07 Å². The molecule has 0 bridgehead atoms. The maximum atomic E-state index is 11.2. The molecule has 72 valence electrons. The van der Waals surface area contributed by atoms with Gasteiger partial charge in [0.15, 0.2) is 0 Å². The summed E-state index contributed by atoms with van der Waals surface area (Å²) in [5.74, 6) is 0. The zero-order valence-electron chi connectivity index (χ0n) is 7.03. The van der Waals surface area contributed by atoms with Gasteiger partial charge in [-0.25, -0.2) is 0 Å². The lowest BCUT2D eigenvalue weighted by atomic mass is 10.2. The average Bonchev–Trinajstić information content (AvgIpc) is 2.05. The molecular weight excluding hydrogens is 212 g/mol. The first kappa shape index (κ1) is 10.5. The largest absolute Gasteiger partial charge is 0.298 e. The second-order valence-corrected chi connectivity index (χ2v) is 4.33. The van der Waals surface area contributed by atoms with E-state index in [0.29, 0.717) is 0 Å². The van der Waals surface area contributed by atoms with E-state index in [4.69, 9.17) is 11.6 Å². The summed E-state index contributed by atoms with van der Waals surface area (Å²) in [7, 11) is -3.66. The molecule has 1 aromatic carbocycles. The van der Waals surface area contributed by atoms with Gasteiger partial charge in [0.1, 0.15) is 6.07 Å². The van der Waals surface area contributed by atoms with Gasteiger partial charge in [-0.3, -0.25) is 4.18 Å². The minimum absolute atomic E-state index is 0.124. The number of alkyl halides is 1. The smallest absolute Gasteiger partial charge is 0.250 e. The van der Waals surface area contributed by atoms with Crippen LogP contribution in [-0.2, 0) is 14.3 Å². The molecular formula is C8H9ClO3S. The standard InChI is InChI=1S/C8H9ClO3S/c1-7-2-4-8(5-3-7)13(10,11)12-6-9/h2-5H,6H2,1H3. The zero-order valence-corrected chi connectivity index (χ0v) is 8.60. The van der Waals surface area contributed by atoms with Crippen LogP contribution in [-0.4, -0.2) is 14.5 Å². The van der Waals surface area contributed by atoms with E-state index in [0.717, 1.165) is 5.56 Å². The van der Waals surface area contributed by atoms with Crippen molar-refractivity contribution in [2.45, 2.75) is 11.8 Å². The van der Waals surface area contributed by atoms with Gasteiger partial charge in [-0.2, -0.15) is 8.42 Å². The highest BCUT2D eigenvalue weighted by atomic mass is 35.5. The van der Waals surface area contributed by atoms with Crippen LogP contribution in [0.4, 0.5) is 0 Å². The monoisotopic (exact) mass is 220 g/mol. The highest BCUT2D eigenvalue weighted by molar-refractivity contribution is 7.86. The van der Waals surface area contributed by atoms with Gasteiger partial charge in [0, 0.05) is 0 Å². The molecule has 0 atom stereocenters. The highest BCUT2D eigenvalue weighted by Gasteiger charge is 2.13. The van der Waals surface area contributed by atoms with Crippen LogP contribution in [0, 0.1) is 6.92 Å². The number of halogens is 1. The molecule has 0 amide bonds. The first-order chi connectivity index (χ1) is 6.06. The van der Waals surface area contributed by atoms with Crippen molar-refractivity contribution in [3.63, 3.8) is 0 Å². The minimum atomic E-state index is -3.66. The van der Waals surface area contributed by atoms with Crippen LogP contribution in [0.3, 0.4) is 0 Å². The number of rotatable bonds is 3. The fourth-order valence-corrected chi connectivity index (χ4v) is 1.91. The second-order valence-electron chi connectivity index (χ2n) is 2.49. The van der Waals surface area contributed by atoms with Crippen LogP contribution in [0.2, 0.25) is 0 Å². The van der Waals surface area contributed by atoms with Gasteiger partial charge >= 0.3 is 0 Å². The summed E-state index contributed by atoms with van der Waals surface area (Å²) in [6, 6.07) is 6.00. The van der Waals surface area contributed by atoms with Crippen molar-refractivity contribution in [1.29, 1.82) is 0 Å². The Morgan fingerprint density at radius 1 is 1.31 bits per heavy atom. The van der Waals surface area contributed by atoms with Crippen molar-refractivity contribution in [1.82, 2.24) is 0 Å². The van der Waals surface area contributed by atoms with E-state index >= 15 is 0 Å². The molecule has 3 nitrogen and oxygen atoms in total. The molecule has 1 aromatic rings. The van der Waals surface area contributed by atoms with E-state index in [1.165, 1.54) is 12.1 Å². The predicted octanol–water partition coefficient (Wildman–Crippen LogP) is 1.90. The van der Waals surface area contributed by atoms with E-state index in [2.05, 4.69) is 4.18 Å². The number of aryl methyl sites for hydroxylation is 1. The molecule has 0 N–H and O–H groups in total. The number of benzene rings is 1. The van der Waals surface area contributed by atoms with Crippen molar-refractivity contribution >= 4 is 21.7 Å². The maximum absolute atomic E-state index is 11.2. The van der Waals surface area contributed by atoms with Crippen molar-refractivity contribution in [3.8, 4) is 0 Å². The molecule has 0 heterocycles. The summed E-state index contributed by atoms with van der Waals surface area (Å²) in [5.41, 5.74) is 0.991. The van der Waals surface area contributed by atoms with Crippen LogP contribution >= 0.6 is 11.6 Å². The Bertz CT molecular complexity index is 369. The van der Waals surface area contributed by atoms with Gasteiger partial charge in [-0.05, 0) is 19.1 Å². The molecule has 0 aliphatic rings. The summed E-state index contributed by atoms with van der Waals surface area (Å²) in [6.45, 7) is 1.87. The summed E-state index contributed by atoms with van der Waals surface area (Å²) in [4.78, 5) is 0.124. The van der Waals surface area contributed by atoms with E-state index in [-0.39, 0.29) is 11.0 Å². The molecule has 0 aromatic heterocycles. The Hall–Kier alpha value is -0.580. The van der Waals surface area contributed by atoms with Gasteiger partial charge in [0.2, 0.25) is 0 Å².